The van der Waals surface area contributed by atoms with E-state index in [1.807, 2.05) is 6.07 Å². The Bertz CT molecular complexity index is 1880. The number of nitrogens with one attached hydrogen (secondary N) is 2. The summed E-state index contributed by atoms with van der Waals surface area (Å²) in [5, 5.41) is 6.33. The molecular weight excluding hydrogens is 618 g/mol. The van der Waals surface area contributed by atoms with Gasteiger partial charge in [-0.15, -0.1) is 15.7 Å². The first kappa shape index (κ1) is 33.6. The van der Waals surface area contributed by atoms with Crippen molar-refractivity contribution < 1.29 is 32.5 Å². The van der Waals surface area contributed by atoms with E-state index >= 15 is 0 Å². The van der Waals surface area contributed by atoms with Crippen LogP contribution in [0.1, 0.15) is 56.8 Å². The van der Waals surface area contributed by atoms with Gasteiger partial charge in [-0.1, -0.05) is 24.3 Å². The molecule has 4 rings (SSSR count). The van der Waals surface area contributed by atoms with Gasteiger partial charge in [-0.3, -0.25) is 10.1 Å². The molecule has 1 atom stereocenters. The van der Waals surface area contributed by atoms with Crippen molar-refractivity contribution in [3.05, 3.63) is 83.0 Å². The lowest BCUT2D eigenvalue weighted by Gasteiger charge is -2.21. The zero-order chi connectivity index (χ0) is 33.2. The van der Waals surface area contributed by atoms with Gasteiger partial charge in [-0.2, -0.15) is 0 Å². The van der Waals surface area contributed by atoms with Crippen molar-refractivity contribution in [3.63, 3.8) is 0 Å². The topological polar surface area (TPSA) is 123 Å². The van der Waals surface area contributed by atoms with Crippen LogP contribution in [0.5, 0.6) is 0 Å². The summed E-state index contributed by atoms with van der Waals surface area (Å²) in [7, 11) is -2.92. The lowest BCUT2D eigenvalue weighted by atomic mass is 10.0. The van der Waals surface area contributed by atoms with Crippen LogP contribution in [0.3, 0.4) is 0 Å². The average Bonchev–Trinajstić information content (AvgIpc) is 3.31. The van der Waals surface area contributed by atoms with Gasteiger partial charge >= 0.3 is 12.2 Å². The Morgan fingerprint density at radius 1 is 0.822 bits per heavy atom. The highest BCUT2D eigenvalue weighted by molar-refractivity contribution is 7.92. The number of fused-ring (bicyclic) bond motifs is 1. The summed E-state index contributed by atoms with van der Waals surface area (Å²) >= 11 is 1.26. The Morgan fingerprint density at radius 3 is 2.11 bits per heavy atom. The Hall–Kier alpha value is -4.29. The van der Waals surface area contributed by atoms with Crippen molar-refractivity contribution in [2.45, 2.75) is 58.5 Å². The molecule has 1 unspecified atom stereocenters. The average molecular weight is 654 g/mol. The maximum Gasteiger partial charge on any atom is 0.442 e. The van der Waals surface area contributed by atoms with Crippen LogP contribution in [-0.2, 0) is 25.0 Å². The summed E-state index contributed by atoms with van der Waals surface area (Å²) < 4.78 is 41.7. The molecule has 3 amide bonds. The first-order valence-electron chi connectivity index (χ1n) is 14.0. The molecule has 4 aromatic rings. The van der Waals surface area contributed by atoms with Gasteiger partial charge in [-0.25, -0.2) is 18.2 Å². The number of ether oxygens (including phenoxy) is 2. The molecule has 0 spiro atoms. The van der Waals surface area contributed by atoms with Crippen molar-refractivity contribution in [2.24, 2.45) is 4.36 Å². The number of hydrogen-bond acceptors (Lipinski definition) is 7. The van der Waals surface area contributed by atoms with Crippen LogP contribution >= 0.6 is 11.3 Å². The number of rotatable bonds is 6. The maximum atomic E-state index is 13.5. The number of amides is 3. The molecule has 0 radical (unpaired) electrons. The SMILES string of the molecule is CC(C)(C)OC(=O)N=S(C)(=O)Cc1ccc2sc(C(=O)Nc3cc(-c4ccc(F)cc4)ccc3NC(=O)OC(C)(C)C)cc2c1. The Labute approximate surface area is 266 Å². The zero-order valence-electron chi connectivity index (χ0n) is 26.1. The summed E-state index contributed by atoms with van der Waals surface area (Å²) in [6.45, 7) is 10.3. The Morgan fingerprint density at radius 2 is 1.47 bits per heavy atom. The smallest absolute Gasteiger partial charge is 0.442 e. The molecular formula is C33H36FN3O6S2. The van der Waals surface area contributed by atoms with Gasteiger partial charge in [0.25, 0.3) is 5.91 Å². The predicted molar refractivity (Wildman–Crippen MR) is 178 cm³/mol. The van der Waals surface area contributed by atoms with Crippen molar-refractivity contribution in [3.8, 4) is 11.1 Å². The summed E-state index contributed by atoms with van der Waals surface area (Å²) in [4.78, 5) is 38.5. The second kappa shape index (κ2) is 13.0. The zero-order valence-corrected chi connectivity index (χ0v) is 27.8. The van der Waals surface area contributed by atoms with E-state index in [9.17, 15) is 23.0 Å². The van der Waals surface area contributed by atoms with E-state index in [1.165, 1.54) is 29.7 Å². The molecule has 45 heavy (non-hydrogen) atoms. The molecule has 2 N–H and O–H groups in total. The molecule has 9 nitrogen and oxygen atoms in total. The van der Waals surface area contributed by atoms with Crippen LogP contribution < -0.4 is 10.6 Å². The highest BCUT2D eigenvalue weighted by atomic mass is 32.2. The number of carbonyl (C=O) groups is 3. The fraction of sp³-hybridized carbons (Fsp3) is 0.303. The van der Waals surface area contributed by atoms with E-state index in [0.717, 1.165) is 15.6 Å². The Kier molecular flexibility index (Phi) is 9.69. The van der Waals surface area contributed by atoms with Gasteiger partial charge in [0.05, 0.1) is 31.7 Å². The van der Waals surface area contributed by atoms with Crippen LogP contribution in [-0.4, -0.2) is 39.8 Å². The van der Waals surface area contributed by atoms with Crippen molar-refractivity contribution in [1.82, 2.24) is 0 Å². The number of nitrogens with zero attached hydrogens (tertiary/aromatic N) is 1. The van der Waals surface area contributed by atoms with Crippen LogP contribution in [0.2, 0.25) is 0 Å². The normalized spacial score (nSPS) is 13.1. The number of halogens is 1. The van der Waals surface area contributed by atoms with Gasteiger partial charge in [-0.05, 0) is 106 Å². The van der Waals surface area contributed by atoms with E-state index in [1.54, 1.807) is 90.1 Å². The molecule has 0 saturated heterocycles. The number of thiophene rings is 1. The quantitative estimate of drug-likeness (QED) is 0.214. The number of benzene rings is 3. The van der Waals surface area contributed by atoms with Crippen molar-refractivity contribution in [2.75, 3.05) is 16.9 Å². The first-order chi connectivity index (χ1) is 20.9. The minimum absolute atomic E-state index is 0.0232. The molecule has 1 aromatic heterocycles. The number of carbonyl (C=O) groups excluding carboxylic acids is 3. The third-order valence-corrected chi connectivity index (χ3v) is 8.50. The van der Waals surface area contributed by atoms with Crippen LogP contribution in [0.25, 0.3) is 21.2 Å². The predicted octanol–water partition coefficient (Wildman–Crippen LogP) is 8.84. The van der Waals surface area contributed by atoms with E-state index in [0.29, 0.717) is 27.4 Å². The summed E-state index contributed by atoms with van der Waals surface area (Å²) in [5.74, 6) is -0.766. The molecule has 0 saturated carbocycles. The molecule has 0 aliphatic rings. The first-order valence-corrected chi connectivity index (χ1v) is 16.9. The minimum Gasteiger partial charge on any atom is -0.444 e. The van der Waals surface area contributed by atoms with E-state index in [2.05, 4.69) is 15.0 Å². The van der Waals surface area contributed by atoms with Gasteiger partial charge in [0.15, 0.2) is 0 Å². The summed E-state index contributed by atoms with van der Waals surface area (Å²) in [5.41, 5.74) is 1.25. The minimum atomic E-state index is -2.92. The van der Waals surface area contributed by atoms with Gasteiger partial charge in [0, 0.05) is 11.0 Å². The molecule has 12 heteroatoms. The molecule has 238 valence electrons. The van der Waals surface area contributed by atoms with E-state index in [-0.39, 0.29) is 11.6 Å². The van der Waals surface area contributed by atoms with Crippen LogP contribution in [0.4, 0.5) is 25.4 Å². The van der Waals surface area contributed by atoms with Crippen molar-refractivity contribution in [1.29, 1.82) is 0 Å². The monoisotopic (exact) mass is 653 g/mol. The maximum absolute atomic E-state index is 13.5. The number of hydrogen-bond donors (Lipinski definition) is 2. The van der Waals surface area contributed by atoms with Crippen LogP contribution in [0.15, 0.2) is 71.1 Å². The second-order valence-corrected chi connectivity index (χ2v) is 16.0. The largest absolute Gasteiger partial charge is 0.444 e. The Balaban J connectivity index is 1.60. The third-order valence-electron chi connectivity index (χ3n) is 5.98. The van der Waals surface area contributed by atoms with Gasteiger partial charge in [0.2, 0.25) is 0 Å². The number of anilines is 2. The van der Waals surface area contributed by atoms with Gasteiger partial charge < -0.3 is 14.8 Å². The lowest BCUT2D eigenvalue weighted by molar-refractivity contribution is 0.0603. The molecule has 3 aromatic carbocycles. The second-order valence-electron chi connectivity index (χ2n) is 12.5. The fourth-order valence-corrected chi connectivity index (χ4v) is 6.40. The molecule has 1 heterocycles. The van der Waals surface area contributed by atoms with Crippen LogP contribution in [0, 0.1) is 5.82 Å². The third kappa shape index (κ3) is 9.85. The molecule has 0 aliphatic carbocycles. The fourth-order valence-electron chi connectivity index (χ4n) is 4.25. The standard InChI is InChI=1S/C33H36FN3O6S2/c1-32(2,3)42-30(39)36-25-14-11-22(21-9-12-24(34)13-10-21)17-26(25)35-29(38)28-18-23-16-20(8-15-27(23)44-28)19-45(7,41)37-31(40)43-33(4,5)6/h8-18H,19H2,1-7H3,(H,35,38)(H,36,39). The van der Waals surface area contributed by atoms with Crippen molar-refractivity contribution >= 4 is 60.6 Å². The molecule has 0 bridgehead atoms. The highest BCUT2D eigenvalue weighted by Gasteiger charge is 2.20. The van der Waals surface area contributed by atoms with E-state index < -0.39 is 39.0 Å². The highest BCUT2D eigenvalue weighted by Crippen LogP contribution is 2.32. The van der Waals surface area contributed by atoms with Gasteiger partial charge in [0.1, 0.15) is 17.0 Å². The molecule has 0 aliphatic heterocycles. The summed E-state index contributed by atoms with van der Waals surface area (Å²) in [6.07, 6.45) is -0.168. The molecule has 0 fully saturated rings. The van der Waals surface area contributed by atoms with E-state index in [4.69, 9.17) is 9.47 Å². The lowest BCUT2D eigenvalue weighted by Crippen LogP contribution is -2.27. The summed E-state index contributed by atoms with van der Waals surface area (Å²) in [6, 6.07) is 18.1.